The lowest BCUT2D eigenvalue weighted by atomic mass is 10.0. The molecule has 6 N–H and O–H groups in total. The van der Waals surface area contributed by atoms with E-state index in [-0.39, 0.29) is 17.7 Å². The Labute approximate surface area is 405 Å². The third-order valence-corrected chi connectivity index (χ3v) is 12.1. The third-order valence-electron chi connectivity index (χ3n) is 12.1. The fraction of sp³-hybridized carbons (Fsp3) is 0.0909. The number of fused-ring (bicyclic) bond motifs is 4. The molecular weight excluding hydrogens is 889 g/mol. The fourth-order valence-electron chi connectivity index (χ4n) is 8.36. The van der Waals surface area contributed by atoms with Crippen LogP contribution in [0.5, 0.6) is 0 Å². The molecule has 12 aromatic rings. The first-order chi connectivity index (χ1) is 34.8. The lowest BCUT2D eigenvalue weighted by Crippen LogP contribution is -2.17. The van der Waals surface area contributed by atoms with E-state index in [1.54, 1.807) is 37.2 Å². The zero-order valence-corrected chi connectivity index (χ0v) is 38.7. The number of hydrogen-bond donors (Lipinski definition) is 6. The molecule has 12 rings (SSSR count). The fourth-order valence-corrected chi connectivity index (χ4v) is 8.36. The van der Waals surface area contributed by atoms with Crippen LogP contribution in [0, 0.1) is 5.92 Å². The molecule has 0 saturated carbocycles. The van der Waals surface area contributed by atoms with Crippen LogP contribution in [0.25, 0.3) is 111 Å². The number of carbonyl (C=O) groups excluding carboxylic acids is 2. The van der Waals surface area contributed by atoms with Gasteiger partial charge in [0.05, 0.1) is 69.3 Å². The van der Waals surface area contributed by atoms with Crippen LogP contribution >= 0.6 is 0 Å². The molecule has 0 bridgehead atoms. The van der Waals surface area contributed by atoms with Crippen LogP contribution in [0.1, 0.15) is 27.2 Å². The topological polar surface area (TPSA) is 224 Å². The predicted molar refractivity (Wildman–Crippen MR) is 278 cm³/mol. The van der Waals surface area contributed by atoms with Crippen molar-refractivity contribution in [3.63, 3.8) is 0 Å². The number of nitrogens with zero attached hydrogens (tertiary/aromatic N) is 8. The van der Waals surface area contributed by atoms with E-state index >= 15 is 0 Å². The molecular formula is C55H44N14O2. The largest absolute Gasteiger partial charge is 0.335 e. The average Bonchev–Trinajstić information content (AvgIpc) is 4.24. The average molecular weight is 933 g/mol. The van der Waals surface area contributed by atoms with Crippen LogP contribution in [0.15, 0.2) is 159 Å². The number of imidazole rings is 2. The van der Waals surface area contributed by atoms with E-state index in [0.717, 1.165) is 99.8 Å². The molecule has 0 saturated heterocycles. The number of amides is 2. The number of aromatic amines is 4. The van der Waals surface area contributed by atoms with Gasteiger partial charge in [0.1, 0.15) is 11.4 Å². The monoisotopic (exact) mass is 932 g/mol. The molecule has 0 atom stereocenters. The minimum Gasteiger partial charge on any atom is -0.335 e. The Morgan fingerprint density at radius 1 is 0.493 bits per heavy atom. The van der Waals surface area contributed by atoms with Gasteiger partial charge in [-0.2, -0.15) is 10.2 Å². The lowest BCUT2D eigenvalue weighted by molar-refractivity contribution is -0.119. The smallest absolute Gasteiger partial charge is 0.226 e. The summed E-state index contributed by atoms with van der Waals surface area (Å²) in [6.45, 7) is 5.54. The van der Waals surface area contributed by atoms with Gasteiger partial charge in [-0.05, 0) is 58.7 Å². The van der Waals surface area contributed by atoms with Crippen LogP contribution in [-0.4, -0.2) is 72.1 Å². The molecule has 0 unspecified atom stereocenters. The maximum atomic E-state index is 12.1. The van der Waals surface area contributed by atoms with Crippen molar-refractivity contribution in [3.05, 3.63) is 159 Å². The van der Waals surface area contributed by atoms with Crippen molar-refractivity contribution in [3.8, 4) is 67.5 Å². The van der Waals surface area contributed by atoms with Gasteiger partial charge in [0, 0.05) is 70.2 Å². The van der Waals surface area contributed by atoms with Crippen molar-refractivity contribution in [2.45, 2.75) is 27.2 Å². The minimum absolute atomic E-state index is 0.0456. The highest BCUT2D eigenvalue weighted by Crippen LogP contribution is 2.35. The van der Waals surface area contributed by atoms with Gasteiger partial charge in [0.2, 0.25) is 11.8 Å². The molecule has 0 aliphatic heterocycles. The molecule has 0 spiro atoms. The van der Waals surface area contributed by atoms with E-state index in [2.05, 4.69) is 73.1 Å². The number of nitrogens with one attached hydrogen (secondary N) is 6. The summed E-state index contributed by atoms with van der Waals surface area (Å²) < 4.78 is 0. The van der Waals surface area contributed by atoms with Gasteiger partial charge < -0.3 is 20.6 Å². The minimum atomic E-state index is -0.111. The first kappa shape index (κ1) is 43.8. The van der Waals surface area contributed by atoms with Gasteiger partial charge in [0.15, 0.2) is 11.6 Å². The summed E-state index contributed by atoms with van der Waals surface area (Å²) >= 11 is 0. The van der Waals surface area contributed by atoms with Crippen molar-refractivity contribution in [1.82, 2.24) is 60.3 Å². The molecule has 16 heteroatoms. The second-order valence-electron chi connectivity index (χ2n) is 17.2. The Kier molecular flexibility index (Phi) is 11.6. The lowest BCUT2D eigenvalue weighted by Gasteiger charge is -2.09. The standard InChI is InChI=1S/C28H23N7O.C27H21N7O/c1-16(2)28(36)31-20-10-19(12-29-13-20)18-8-9-23-21(11-18)26(35-34-23)27-32-24-15-30-14-22(25(24)33-27)17-6-4-3-5-7-17;1-2-24(35)30-19-10-18(12-28-13-19)17-8-9-22-20(11-17)26(34-33-22)27-31-23-15-29-14-21(25(23)32-27)16-6-4-3-5-7-16/h3-16H,1-2H3,(H,31,36)(H,32,33)(H,34,35);3-15H,2H2,1H3,(H,30,35)(H,31,32)(H,33,34). The summed E-state index contributed by atoms with van der Waals surface area (Å²) in [7, 11) is 0. The van der Waals surface area contributed by atoms with Crippen molar-refractivity contribution in [2.75, 3.05) is 10.6 Å². The van der Waals surface area contributed by atoms with E-state index in [9.17, 15) is 9.59 Å². The molecule has 8 aromatic heterocycles. The highest BCUT2D eigenvalue weighted by molar-refractivity contribution is 6.00. The van der Waals surface area contributed by atoms with Crippen LogP contribution in [0.2, 0.25) is 0 Å². The predicted octanol–water partition coefficient (Wildman–Crippen LogP) is 11.4. The molecule has 8 heterocycles. The summed E-state index contributed by atoms with van der Waals surface area (Å²) in [5, 5.41) is 23.0. The Morgan fingerprint density at radius 3 is 1.42 bits per heavy atom. The summed E-state index contributed by atoms with van der Waals surface area (Å²) in [5.41, 5.74) is 15.7. The molecule has 0 aliphatic carbocycles. The van der Waals surface area contributed by atoms with Gasteiger partial charge in [-0.3, -0.25) is 39.7 Å². The van der Waals surface area contributed by atoms with Crippen molar-refractivity contribution in [2.24, 2.45) is 5.92 Å². The third kappa shape index (κ3) is 8.84. The molecule has 0 aliphatic rings. The highest BCUT2D eigenvalue weighted by Gasteiger charge is 2.19. The number of hydrogen-bond acceptors (Lipinski definition) is 10. The highest BCUT2D eigenvalue weighted by atomic mass is 16.2. The van der Waals surface area contributed by atoms with Crippen LogP contribution in [0.3, 0.4) is 0 Å². The zero-order valence-electron chi connectivity index (χ0n) is 38.7. The zero-order chi connectivity index (χ0) is 48.4. The second-order valence-corrected chi connectivity index (χ2v) is 17.2. The van der Waals surface area contributed by atoms with Gasteiger partial charge in [-0.25, -0.2) is 9.97 Å². The molecule has 0 fully saturated rings. The molecule has 16 nitrogen and oxygen atoms in total. The second kappa shape index (κ2) is 18.8. The van der Waals surface area contributed by atoms with E-state index in [0.29, 0.717) is 29.4 Å². The molecule has 0 radical (unpaired) electrons. The maximum Gasteiger partial charge on any atom is 0.226 e. The van der Waals surface area contributed by atoms with Crippen LogP contribution in [0.4, 0.5) is 11.4 Å². The Balaban J connectivity index is 0.000000154. The Morgan fingerprint density at radius 2 is 0.958 bits per heavy atom. The number of benzene rings is 4. The van der Waals surface area contributed by atoms with Crippen molar-refractivity contribution in [1.29, 1.82) is 0 Å². The van der Waals surface area contributed by atoms with E-state index in [4.69, 9.17) is 9.97 Å². The number of aromatic nitrogens is 12. The van der Waals surface area contributed by atoms with Gasteiger partial charge in [-0.1, -0.05) is 93.6 Å². The quantitative estimate of drug-likeness (QED) is 0.0761. The number of anilines is 2. The number of carbonyl (C=O) groups is 2. The SMILES string of the molecule is CC(C)C(=O)Nc1cncc(-c2ccc3[nH]nc(-c4nc5c(-c6ccccc6)cncc5[nH]4)c3c2)c1.CCC(=O)Nc1cncc(-c2ccc3[nH]nc(-c4nc5c(-c6ccccc6)cncc5[nH]4)c3c2)c1. The van der Waals surface area contributed by atoms with E-state index in [1.807, 2.05) is 130 Å². The Bertz CT molecular complexity index is 3910. The number of H-pyrrole nitrogens is 4. The van der Waals surface area contributed by atoms with E-state index in [1.165, 1.54) is 0 Å². The summed E-state index contributed by atoms with van der Waals surface area (Å²) in [4.78, 5) is 57.9. The van der Waals surface area contributed by atoms with Crippen LogP contribution < -0.4 is 10.6 Å². The summed E-state index contributed by atoms with van der Waals surface area (Å²) in [6.07, 6.45) is 14.5. The molecule has 4 aromatic carbocycles. The first-order valence-corrected chi connectivity index (χ1v) is 23.0. The number of rotatable bonds is 10. The van der Waals surface area contributed by atoms with Crippen molar-refractivity contribution >= 4 is 67.1 Å². The molecule has 346 valence electrons. The Hall–Kier alpha value is -9.70. The summed E-state index contributed by atoms with van der Waals surface area (Å²) in [5.74, 6) is 1.12. The maximum absolute atomic E-state index is 12.1. The van der Waals surface area contributed by atoms with Crippen LogP contribution in [-0.2, 0) is 9.59 Å². The number of pyridine rings is 4. The van der Waals surface area contributed by atoms with Crippen molar-refractivity contribution < 1.29 is 9.59 Å². The van der Waals surface area contributed by atoms with Gasteiger partial charge in [-0.15, -0.1) is 0 Å². The first-order valence-electron chi connectivity index (χ1n) is 23.0. The van der Waals surface area contributed by atoms with Gasteiger partial charge >= 0.3 is 0 Å². The normalized spacial score (nSPS) is 11.3. The molecule has 71 heavy (non-hydrogen) atoms. The van der Waals surface area contributed by atoms with E-state index < -0.39 is 0 Å². The molecule has 2 amide bonds. The summed E-state index contributed by atoms with van der Waals surface area (Å²) in [6, 6.07) is 36.1. The van der Waals surface area contributed by atoms with Gasteiger partial charge in [0.25, 0.3) is 0 Å².